The van der Waals surface area contributed by atoms with Crippen LogP contribution < -0.4 is 10.1 Å². The fourth-order valence-electron chi connectivity index (χ4n) is 3.19. The van der Waals surface area contributed by atoms with Gasteiger partial charge in [0.1, 0.15) is 0 Å². The molecule has 138 valence electrons. The Morgan fingerprint density at radius 2 is 2.00 bits per heavy atom. The molecule has 2 amide bonds. The third kappa shape index (κ3) is 5.44. The molecule has 5 nitrogen and oxygen atoms in total. The van der Waals surface area contributed by atoms with Crippen molar-refractivity contribution < 1.29 is 18.7 Å². The Kier molecular flexibility index (Phi) is 7.22. The van der Waals surface area contributed by atoms with E-state index in [1.54, 1.807) is 17.0 Å². The van der Waals surface area contributed by atoms with Gasteiger partial charge in [-0.25, -0.2) is 4.39 Å². The number of nitrogens with zero attached hydrogens (tertiary/aromatic N) is 1. The summed E-state index contributed by atoms with van der Waals surface area (Å²) >= 11 is 0. The summed E-state index contributed by atoms with van der Waals surface area (Å²) in [6.07, 6.45) is 5.16. The maximum absolute atomic E-state index is 13.8. The van der Waals surface area contributed by atoms with Crippen LogP contribution in [0, 0.1) is 11.7 Å². The van der Waals surface area contributed by atoms with Gasteiger partial charge in [0.2, 0.25) is 11.8 Å². The lowest BCUT2D eigenvalue weighted by Crippen LogP contribution is -2.42. The van der Waals surface area contributed by atoms with Gasteiger partial charge in [0.25, 0.3) is 0 Å². The van der Waals surface area contributed by atoms with Crippen molar-refractivity contribution in [3.63, 3.8) is 0 Å². The zero-order chi connectivity index (χ0) is 18.2. The molecule has 0 unspecified atom stereocenters. The van der Waals surface area contributed by atoms with Gasteiger partial charge >= 0.3 is 0 Å². The number of halogens is 1. The van der Waals surface area contributed by atoms with Crippen LogP contribution >= 0.6 is 0 Å². The number of carbonyl (C=O) groups excluding carboxylic acids is 2. The fraction of sp³-hybridized carbons (Fsp3) is 0.579. The van der Waals surface area contributed by atoms with Gasteiger partial charge in [-0.2, -0.15) is 0 Å². The number of rotatable bonds is 7. The second-order valence-corrected chi connectivity index (χ2v) is 6.43. The molecule has 6 heteroatoms. The Labute approximate surface area is 148 Å². The van der Waals surface area contributed by atoms with Gasteiger partial charge in [0.05, 0.1) is 13.7 Å². The third-order valence-electron chi connectivity index (χ3n) is 4.71. The van der Waals surface area contributed by atoms with E-state index in [-0.39, 0.29) is 30.0 Å². The number of likely N-dealkylation sites (N-methyl/N-ethyl adjacent to an activating group) is 1. The van der Waals surface area contributed by atoms with Crippen LogP contribution in [0.5, 0.6) is 5.75 Å². The summed E-state index contributed by atoms with van der Waals surface area (Å²) in [5.41, 5.74) is 0.687. The monoisotopic (exact) mass is 350 g/mol. The van der Waals surface area contributed by atoms with Crippen LogP contribution in [0.1, 0.15) is 44.6 Å². The van der Waals surface area contributed by atoms with E-state index in [1.807, 2.05) is 6.92 Å². The molecule has 1 N–H and O–H groups in total. The molecule has 1 fully saturated rings. The van der Waals surface area contributed by atoms with E-state index in [0.29, 0.717) is 18.7 Å². The first kappa shape index (κ1) is 19.2. The molecule has 1 aliphatic carbocycles. The lowest BCUT2D eigenvalue weighted by molar-refractivity contribution is -0.134. The van der Waals surface area contributed by atoms with Crippen molar-refractivity contribution in [3.8, 4) is 5.75 Å². The van der Waals surface area contributed by atoms with Gasteiger partial charge in [0.15, 0.2) is 11.6 Å². The first-order chi connectivity index (χ1) is 12.0. The number of methoxy groups -OCH3 is 1. The molecule has 25 heavy (non-hydrogen) atoms. The standard InChI is InChI=1S/C19H27FN2O3/c1-3-22(13-14-9-10-17(25-2)16(20)11-14)18(23)12-21-19(24)15-7-5-4-6-8-15/h9-11,15H,3-8,12-13H2,1-2H3,(H,21,24). The predicted octanol–water partition coefficient (Wildman–Crippen LogP) is 2.88. The largest absolute Gasteiger partial charge is 0.494 e. The lowest BCUT2D eigenvalue weighted by Gasteiger charge is -2.23. The number of carbonyl (C=O) groups is 2. The molecule has 0 radical (unpaired) electrons. The van der Waals surface area contributed by atoms with Gasteiger partial charge in [-0.3, -0.25) is 9.59 Å². The number of amides is 2. The van der Waals surface area contributed by atoms with Gasteiger partial charge in [-0.1, -0.05) is 25.3 Å². The first-order valence-corrected chi connectivity index (χ1v) is 8.93. The summed E-state index contributed by atoms with van der Waals surface area (Å²) in [5, 5.41) is 2.76. The average Bonchev–Trinajstić information content (AvgIpc) is 2.64. The van der Waals surface area contributed by atoms with Crippen LogP contribution in [-0.2, 0) is 16.1 Å². The van der Waals surface area contributed by atoms with E-state index in [0.717, 1.165) is 25.7 Å². The molecule has 0 heterocycles. The minimum atomic E-state index is -0.450. The average molecular weight is 350 g/mol. The Balaban J connectivity index is 1.87. The summed E-state index contributed by atoms with van der Waals surface area (Å²) in [7, 11) is 1.41. The molecule has 0 saturated heterocycles. The number of nitrogens with one attached hydrogen (secondary N) is 1. The smallest absolute Gasteiger partial charge is 0.242 e. The molecular formula is C19H27FN2O3. The van der Waals surface area contributed by atoms with Crippen molar-refractivity contribution in [2.45, 2.75) is 45.6 Å². The van der Waals surface area contributed by atoms with Crippen molar-refractivity contribution >= 4 is 11.8 Å². The van der Waals surface area contributed by atoms with Crippen molar-refractivity contribution in [1.29, 1.82) is 0 Å². The topological polar surface area (TPSA) is 58.6 Å². The number of ether oxygens (including phenoxy) is 1. The Morgan fingerprint density at radius 1 is 1.28 bits per heavy atom. The SMILES string of the molecule is CCN(Cc1ccc(OC)c(F)c1)C(=O)CNC(=O)C1CCCCC1. The number of hydrogen-bond acceptors (Lipinski definition) is 3. The minimum Gasteiger partial charge on any atom is -0.494 e. The van der Waals surface area contributed by atoms with Crippen molar-refractivity contribution in [3.05, 3.63) is 29.6 Å². The summed E-state index contributed by atoms with van der Waals surface area (Å²) in [4.78, 5) is 26.1. The number of hydrogen-bond donors (Lipinski definition) is 1. The van der Waals surface area contributed by atoms with Crippen LogP contribution in [0.4, 0.5) is 4.39 Å². The van der Waals surface area contributed by atoms with Crippen LogP contribution in [0.25, 0.3) is 0 Å². The fourth-order valence-corrected chi connectivity index (χ4v) is 3.19. The van der Waals surface area contributed by atoms with Gasteiger partial charge < -0.3 is 15.0 Å². The molecule has 0 aliphatic heterocycles. The lowest BCUT2D eigenvalue weighted by atomic mass is 9.89. The van der Waals surface area contributed by atoms with E-state index in [1.165, 1.54) is 19.6 Å². The van der Waals surface area contributed by atoms with Gasteiger partial charge in [-0.15, -0.1) is 0 Å². The number of benzene rings is 1. The second-order valence-electron chi connectivity index (χ2n) is 6.43. The van der Waals surface area contributed by atoms with E-state index in [4.69, 9.17) is 4.74 Å². The predicted molar refractivity (Wildman–Crippen MR) is 93.6 cm³/mol. The van der Waals surface area contributed by atoms with Crippen molar-refractivity contribution in [1.82, 2.24) is 10.2 Å². The van der Waals surface area contributed by atoms with Crippen LogP contribution in [-0.4, -0.2) is 36.9 Å². The Hall–Kier alpha value is -2.11. The molecule has 0 atom stereocenters. The second kappa shape index (κ2) is 9.39. The molecular weight excluding hydrogens is 323 g/mol. The minimum absolute atomic E-state index is 0.0121. The highest BCUT2D eigenvalue weighted by Crippen LogP contribution is 2.23. The quantitative estimate of drug-likeness (QED) is 0.823. The zero-order valence-corrected chi connectivity index (χ0v) is 15.0. The van der Waals surface area contributed by atoms with E-state index < -0.39 is 5.82 Å². The first-order valence-electron chi connectivity index (χ1n) is 8.93. The zero-order valence-electron chi connectivity index (χ0n) is 15.0. The Bertz CT molecular complexity index is 600. The highest BCUT2D eigenvalue weighted by atomic mass is 19.1. The van der Waals surface area contributed by atoms with E-state index >= 15 is 0 Å². The molecule has 2 rings (SSSR count). The van der Waals surface area contributed by atoms with Gasteiger partial charge in [0, 0.05) is 19.0 Å². The summed E-state index contributed by atoms with van der Waals surface area (Å²) in [6.45, 7) is 2.64. The van der Waals surface area contributed by atoms with Crippen molar-refractivity contribution in [2.24, 2.45) is 5.92 Å². The van der Waals surface area contributed by atoms with E-state index in [9.17, 15) is 14.0 Å². The van der Waals surface area contributed by atoms with E-state index in [2.05, 4.69) is 5.32 Å². The van der Waals surface area contributed by atoms with Crippen LogP contribution in [0.2, 0.25) is 0 Å². The summed E-state index contributed by atoms with van der Waals surface area (Å²) < 4.78 is 18.7. The molecule has 1 aromatic rings. The molecule has 0 bridgehead atoms. The third-order valence-corrected chi connectivity index (χ3v) is 4.71. The Morgan fingerprint density at radius 3 is 2.60 bits per heavy atom. The highest BCUT2D eigenvalue weighted by molar-refractivity contribution is 5.85. The normalized spacial score (nSPS) is 14.8. The van der Waals surface area contributed by atoms with Crippen molar-refractivity contribution in [2.75, 3.05) is 20.2 Å². The highest BCUT2D eigenvalue weighted by Gasteiger charge is 2.22. The maximum Gasteiger partial charge on any atom is 0.242 e. The maximum atomic E-state index is 13.8. The van der Waals surface area contributed by atoms with Crippen LogP contribution in [0.3, 0.4) is 0 Å². The molecule has 1 aliphatic rings. The summed E-state index contributed by atoms with van der Waals surface area (Å²) in [6, 6.07) is 4.65. The molecule has 1 saturated carbocycles. The summed E-state index contributed by atoms with van der Waals surface area (Å²) in [5.74, 6) is -0.429. The molecule has 0 aromatic heterocycles. The van der Waals surface area contributed by atoms with Crippen LogP contribution in [0.15, 0.2) is 18.2 Å². The molecule has 1 aromatic carbocycles. The van der Waals surface area contributed by atoms with Gasteiger partial charge in [-0.05, 0) is 37.5 Å². The molecule has 0 spiro atoms.